The van der Waals surface area contributed by atoms with Gasteiger partial charge in [-0.1, -0.05) is 51.1 Å². The highest BCUT2D eigenvalue weighted by atomic mass is 16.3. The lowest BCUT2D eigenvalue weighted by molar-refractivity contribution is 0.0831. The fourth-order valence-electron chi connectivity index (χ4n) is 3.14. The molecule has 28 heavy (non-hydrogen) atoms. The maximum absolute atomic E-state index is 12.5. The predicted molar refractivity (Wildman–Crippen MR) is 109 cm³/mol. The summed E-state index contributed by atoms with van der Waals surface area (Å²) in [6, 6.07) is 9.52. The zero-order chi connectivity index (χ0) is 20.1. The van der Waals surface area contributed by atoms with E-state index in [0.29, 0.717) is 25.3 Å². The Hall–Kier alpha value is -2.51. The molecule has 1 fully saturated rings. The molecular formula is C21H29N5O2. The van der Waals surface area contributed by atoms with Crippen molar-refractivity contribution in [3.8, 4) is 0 Å². The third-order valence-electron chi connectivity index (χ3n) is 4.85. The van der Waals surface area contributed by atoms with E-state index in [0.717, 1.165) is 24.5 Å². The topological polar surface area (TPSA) is 81.6 Å². The number of piperazine rings is 1. The molecule has 0 bridgehead atoms. The Morgan fingerprint density at radius 2 is 1.71 bits per heavy atom. The summed E-state index contributed by atoms with van der Waals surface area (Å²) in [5, 5.41) is 13.2. The van der Waals surface area contributed by atoms with Gasteiger partial charge in [-0.3, -0.25) is 4.90 Å². The van der Waals surface area contributed by atoms with Crippen LogP contribution in [0.5, 0.6) is 0 Å². The molecule has 2 aromatic rings. The molecule has 1 aliphatic rings. The van der Waals surface area contributed by atoms with Crippen molar-refractivity contribution < 1.29 is 9.90 Å². The van der Waals surface area contributed by atoms with E-state index in [1.54, 1.807) is 17.3 Å². The van der Waals surface area contributed by atoms with E-state index in [-0.39, 0.29) is 11.4 Å². The van der Waals surface area contributed by atoms with Crippen LogP contribution in [0.3, 0.4) is 0 Å². The highest BCUT2D eigenvalue weighted by Crippen LogP contribution is 2.19. The largest absolute Gasteiger partial charge is 0.387 e. The van der Waals surface area contributed by atoms with E-state index in [2.05, 4.69) is 41.0 Å². The molecule has 0 saturated carbocycles. The van der Waals surface area contributed by atoms with E-state index >= 15 is 0 Å². The normalized spacial score (nSPS) is 16.6. The van der Waals surface area contributed by atoms with Gasteiger partial charge < -0.3 is 15.3 Å². The fraction of sp³-hybridized carbons (Fsp3) is 0.476. The van der Waals surface area contributed by atoms with Crippen molar-refractivity contribution in [3.63, 3.8) is 0 Å². The summed E-state index contributed by atoms with van der Waals surface area (Å²) in [5.74, 6) is 0.746. The number of amides is 2. The Morgan fingerprint density at radius 3 is 2.29 bits per heavy atom. The average molecular weight is 383 g/mol. The summed E-state index contributed by atoms with van der Waals surface area (Å²) in [6.07, 6.45) is 2.79. The monoisotopic (exact) mass is 383 g/mol. The number of β-amino-alcohol motifs (C(OH)–C–C–N with tert-alkyl or cyclic N) is 1. The standard InChI is InChI=1S/C21H29N5O2/c1-21(2,3)19-22-13-17(14-23-19)24-20(28)26-11-9-25(10-12-26)15-18(27)16-7-5-4-6-8-16/h4-8,13-14,18,27H,9-12,15H2,1-3H3,(H,24,28). The molecule has 0 spiro atoms. The first-order chi connectivity index (χ1) is 13.3. The molecule has 150 valence electrons. The molecule has 2 amide bonds. The van der Waals surface area contributed by atoms with Gasteiger partial charge >= 0.3 is 6.03 Å². The summed E-state index contributed by atoms with van der Waals surface area (Å²) in [6.45, 7) is 9.43. The third kappa shape index (κ3) is 5.27. The van der Waals surface area contributed by atoms with E-state index in [1.165, 1.54) is 0 Å². The van der Waals surface area contributed by atoms with Crippen molar-refractivity contribution in [1.82, 2.24) is 19.8 Å². The van der Waals surface area contributed by atoms with E-state index in [1.807, 2.05) is 30.3 Å². The van der Waals surface area contributed by atoms with Crippen molar-refractivity contribution >= 4 is 11.7 Å². The number of nitrogens with one attached hydrogen (secondary N) is 1. The number of hydrogen-bond donors (Lipinski definition) is 2. The van der Waals surface area contributed by atoms with Crippen molar-refractivity contribution in [1.29, 1.82) is 0 Å². The number of carbonyl (C=O) groups excluding carboxylic acids is 1. The third-order valence-corrected chi connectivity index (χ3v) is 4.85. The SMILES string of the molecule is CC(C)(C)c1ncc(NC(=O)N2CCN(CC(O)c3ccccc3)CC2)cn1. The summed E-state index contributed by atoms with van der Waals surface area (Å²) in [5.41, 5.74) is 1.39. The van der Waals surface area contributed by atoms with E-state index in [9.17, 15) is 9.90 Å². The molecule has 1 aromatic carbocycles. The minimum Gasteiger partial charge on any atom is -0.387 e. The van der Waals surface area contributed by atoms with Gasteiger partial charge in [0.2, 0.25) is 0 Å². The maximum atomic E-state index is 12.5. The average Bonchev–Trinajstić information content (AvgIpc) is 2.69. The predicted octanol–water partition coefficient (Wildman–Crippen LogP) is 2.66. The van der Waals surface area contributed by atoms with Crippen LogP contribution in [0.15, 0.2) is 42.7 Å². The Bertz CT molecular complexity index is 766. The van der Waals surface area contributed by atoms with Crippen LogP contribution in [0, 0.1) is 0 Å². The van der Waals surface area contributed by atoms with Crippen LogP contribution in [0.25, 0.3) is 0 Å². The van der Waals surface area contributed by atoms with Crippen LogP contribution in [0.1, 0.15) is 38.3 Å². The number of urea groups is 1. The van der Waals surface area contributed by atoms with Gasteiger partial charge in [-0.2, -0.15) is 0 Å². The van der Waals surface area contributed by atoms with Crippen molar-refractivity contribution in [2.45, 2.75) is 32.3 Å². The molecule has 0 aliphatic carbocycles. The van der Waals surface area contributed by atoms with Gasteiger partial charge in [-0.05, 0) is 5.56 Å². The first kappa shape index (κ1) is 20.2. The number of anilines is 1. The lowest BCUT2D eigenvalue weighted by Gasteiger charge is -2.35. The molecule has 1 saturated heterocycles. The van der Waals surface area contributed by atoms with Crippen LogP contribution >= 0.6 is 0 Å². The van der Waals surface area contributed by atoms with Crippen molar-refractivity contribution in [3.05, 3.63) is 54.1 Å². The lowest BCUT2D eigenvalue weighted by Crippen LogP contribution is -2.50. The van der Waals surface area contributed by atoms with Crippen molar-refractivity contribution in [2.75, 3.05) is 38.0 Å². The second-order valence-corrected chi connectivity index (χ2v) is 8.19. The Morgan fingerprint density at radius 1 is 1.11 bits per heavy atom. The van der Waals surface area contributed by atoms with E-state index in [4.69, 9.17) is 0 Å². The summed E-state index contributed by atoms with van der Waals surface area (Å²) < 4.78 is 0. The molecule has 1 aromatic heterocycles. The smallest absolute Gasteiger partial charge is 0.322 e. The molecule has 0 radical (unpaired) electrons. The maximum Gasteiger partial charge on any atom is 0.322 e. The molecule has 7 heteroatoms. The van der Waals surface area contributed by atoms with Crippen LogP contribution in [0.4, 0.5) is 10.5 Å². The number of benzene rings is 1. The number of aliphatic hydroxyl groups excluding tert-OH is 1. The van der Waals surface area contributed by atoms with Crippen LogP contribution < -0.4 is 5.32 Å². The minimum atomic E-state index is -0.514. The number of aliphatic hydroxyl groups is 1. The van der Waals surface area contributed by atoms with Gasteiger partial charge in [0.25, 0.3) is 0 Å². The highest BCUT2D eigenvalue weighted by Gasteiger charge is 2.23. The molecule has 3 rings (SSSR count). The molecule has 2 heterocycles. The number of rotatable bonds is 4. The molecule has 1 unspecified atom stereocenters. The molecular weight excluding hydrogens is 354 g/mol. The second-order valence-electron chi connectivity index (χ2n) is 8.19. The number of carbonyl (C=O) groups is 1. The number of nitrogens with zero attached hydrogens (tertiary/aromatic N) is 4. The highest BCUT2D eigenvalue weighted by molar-refractivity contribution is 5.89. The Balaban J connectivity index is 1.47. The van der Waals surface area contributed by atoms with Crippen LogP contribution in [0.2, 0.25) is 0 Å². The van der Waals surface area contributed by atoms with Crippen LogP contribution in [-0.2, 0) is 5.41 Å². The summed E-state index contributed by atoms with van der Waals surface area (Å²) in [7, 11) is 0. The first-order valence-corrected chi connectivity index (χ1v) is 9.67. The molecule has 1 atom stereocenters. The lowest BCUT2D eigenvalue weighted by atomic mass is 9.96. The van der Waals surface area contributed by atoms with Gasteiger partial charge in [0, 0.05) is 38.1 Å². The zero-order valence-electron chi connectivity index (χ0n) is 16.8. The van der Waals surface area contributed by atoms with Gasteiger partial charge in [0.15, 0.2) is 0 Å². The second kappa shape index (κ2) is 8.67. The minimum absolute atomic E-state index is 0.122. The van der Waals surface area contributed by atoms with Gasteiger partial charge in [0.1, 0.15) is 5.82 Å². The quantitative estimate of drug-likeness (QED) is 0.848. The molecule has 2 N–H and O–H groups in total. The van der Waals surface area contributed by atoms with Gasteiger partial charge in [-0.15, -0.1) is 0 Å². The summed E-state index contributed by atoms with van der Waals surface area (Å²) >= 11 is 0. The zero-order valence-corrected chi connectivity index (χ0v) is 16.8. The van der Waals surface area contributed by atoms with Crippen LogP contribution in [-0.4, -0.2) is 63.6 Å². The molecule has 1 aliphatic heterocycles. The number of hydrogen-bond acceptors (Lipinski definition) is 5. The first-order valence-electron chi connectivity index (χ1n) is 9.67. The van der Waals surface area contributed by atoms with Gasteiger partial charge in [0.05, 0.1) is 24.2 Å². The van der Waals surface area contributed by atoms with Crippen molar-refractivity contribution in [2.24, 2.45) is 0 Å². The van der Waals surface area contributed by atoms with E-state index < -0.39 is 6.10 Å². The number of aromatic nitrogens is 2. The fourth-order valence-corrected chi connectivity index (χ4v) is 3.14. The Labute approximate surface area is 166 Å². The molecule has 7 nitrogen and oxygen atoms in total. The van der Waals surface area contributed by atoms with Gasteiger partial charge in [-0.25, -0.2) is 14.8 Å². The Kier molecular flexibility index (Phi) is 6.26. The summed E-state index contributed by atoms with van der Waals surface area (Å²) in [4.78, 5) is 25.1.